The van der Waals surface area contributed by atoms with Gasteiger partial charge in [-0.05, 0) is 31.0 Å². The highest BCUT2D eigenvalue weighted by atomic mass is 16.1. The van der Waals surface area contributed by atoms with E-state index < -0.39 is 0 Å². The van der Waals surface area contributed by atoms with E-state index in [9.17, 15) is 4.79 Å². The minimum atomic E-state index is -0.0733. The number of carbonyl (C=O) groups excluding carboxylic acids is 1. The summed E-state index contributed by atoms with van der Waals surface area (Å²) in [5, 5.41) is 17.3. The van der Waals surface area contributed by atoms with Crippen LogP contribution in [0.4, 0.5) is 0 Å². The summed E-state index contributed by atoms with van der Waals surface area (Å²) in [6.45, 7) is 7.07. The fraction of sp³-hybridized carbons (Fsp3) is 0.474. The summed E-state index contributed by atoms with van der Waals surface area (Å²) in [5.74, 6) is 1.69. The summed E-state index contributed by atoms with van der Waals surface area (Å²) in [6.07, 6.45) is 3.39. The molecule has 0 aliphatic heterocycles. The van der Waals surface area contributed by atoms with Crippen LogP contribution in [0.2, 0.25) is 0 Å². The summed E-state index contributed by atoms with van der Waals surface area (Å²) >= 11 is 0. The fourth-order valence-electron chi connectivity index (χ4n) is 2.69. The van der Waals surface area contributed by atoms with E-state index in [1.165, 1.54) is 0 Å². The number of aliphatic imine (C=N–C) groups is 1. The molecule has 0 aliphatic carbocycles. The number of benzene rings is 1. The number of nitrogens with one attached hydrogen (secondary N) is 3. The van der Waals surface area contributed by atoms with Gasteiger partial charge in [-0.25, -0.2) is 0 Å². The molecule has 0 atom stereocenters. The molecule has 8 nitrogen and oxygen atoms in total. The minimum absolute atomic E-state index is 0.0733. The standard InChI is InChI=1S/C19H29N7O/c1-4-17-25-24-14-26(17)12-11-23-19(21-5-2)22-10-9-15-7-6-8-16(13-15)18(27)20-3/h6-8,13-14H,4-5,9-12H2,1-3H3,(H,20,27)(H2,21,22,23). The molecule has 0 bridgehead atoms. The molecule has 0 saturated carbocycles. The van der Waals surface area contributed by atoms with Crippen molar-refractivity contribution in [3.05, 3.63) is 47.5 Å². The highest BCUT2D eigenvalue weighted by Crippen LogP contribution is 2.06. The van der Waals surface area contributed by atoms with Crippen LogP contribution in [0.25, 0.3) is 0 Å². The van der Waals surface area contributed by atoms with Crippen LogP contribution in [0.5, 0.6) is 0 Å². The summed E-state index contributed by atoms with van der Waals surface area (Å²) in [7, 11) is 1.64. The molecular formula is C19H29N7O. The zero-order valence-electron chi connectivity index (χ0n) is 16.3. The quantitative estimate of drug-likeness (QED) is 0.451. The number of guanidine groups is 1. The maximum Gasteiger partial charge on any atom is 0.251 e. The van der Waals surface area contributed by atoms with E-state index in [0.29, 0.717) is 12.1 Å². The zero-order chi connectivity index (χ0) is 19.5. The van der Waals surface area contributed by atoms with Crippen LogP contribution in [0.1, 0.15) is 35.6 Å². The fourth-order valence-corrected chi connectivity index (χ4v) is 2.69. The number of nitrogens with zero attached hydrogens (tertiary/aromatic N) is 4. The summed E-state index contributed by atoms with van der Waals surface area (Å²) in [6, 6.07) is 7.64. The van der Waals surface area contributed by atoms with Crippen molar-refractivity contribution in [2.24, 2.45) is 4.99 Å². The third-order valence-corrected chi connectivity index (χ3v) is 4.09. The molecular weight excluding hydrogens is 342 g/mol. The third kappa shape index (κ3) is 6.40. The monoisotopic (exact) mass is 371 g/mol. The summed E-state index contributed by atoms with van der Waals surface area (Å²) in [5.41, 5.74) is 1.76. The Kier molecular flexibility index (Phi) is 8.28. The van der Waals surface area contributed by atoms with Crippen LogP contribution in [-0.2, 0) is 19.4 Å². The van der Waals surface area contributed by atoms with Crippen molar-refractivity contribution in [1.82, 2.24) is 30.7 Å². The van der Waals surface area contributed by atoms with Gasteiger partial charge in [-0.3, -0.25) is 9.79 Å². The molecule has 0 unspecified atom stereocenters. The second-order valence-electron chi connectivity index (χ2n) is 6.01. The Hall–Kier alpha value is -2.90. The van der Waals surface area contributed by atoms with Gasteiger partial charge in [-0.15, -0.1) is 10.2 Å². The van der Waals surface area contributed by atoms with Crippen LogP contribution < -0.4 is 16.0 Å². The van der Waals surface area contributed by atoms with Crippen molar-refractivity contribution in [3.8, 4) is 0 Å². The summed E-state index contributed by atoms with van der Waals surface area (Å²) < 4.78 is 2.04. The van der Waals surface area contributed by atoms with Gasteiger partial charge in [0.2, 0.25) is 0 Å². The molecule has 0 fully saturated rings. The zero-order valence-corrected chi connectivity index (χ0v) is 16.3. The molecule has 0 radical (unpaired) electrons. The number of aryl methyl sites for hydroxylation is 1. The van der Waals surface area contributed by atoms with Crippen molar-refractivity contribution in [2.45, 2.75) is 33.2 Å². The van der Waals surface area contributed by atoms with E-state index in [1.807, 2.05) is 35.8 Å². The van der Waals surface area contributed by atoms with Gasteiger partial charge in [0.05, 0.1) is 0 Å². The lowest BCUT2D eigenvalue weighted by Gasteiger charge is -2.12. The first-order valence-electron chi connectivity index (χ1n) is 9.37. The smallest absolute Gasteiger partial charge is 0.251 e. The molecule has 1 aromatic carbocycles. The predicted molar refractivity (Wildman–Crippen MR) is 107 cm³/mol. The lowest BCUT2D eigenvalue weighted by atomic mass is 10.1. The Morgan fingerprint density at radius 3 is 2.85 bits per heavy atom. The maximum atomic E-state index is 11.7. The van der Waals surface area contributed by atoms with Gasteiger partial charge in [0.25, 0.3) is 5.91 Å². The van der Waals surface area contributed by atoms with Crippen molar-refractivity contribution in [2.75, 3.05) is 26.7 Å². The number of rotatable bonds is 9. The Bertz CT molecular complexity index is 754. The van der Waals surface area contributed by atoms with E-state index in [4.69, 9.17) is 0 Å². The number of hydrogen-bond acceptors (Lipinski definition) is 4. The Morgan fingerprint density at radius 2 is 2.11 bits per heavy atom. The van der Waals surface area contributed by atoms with Crippen LogP contribution in [0, 0.1) is 0 Å². The number of hydrogen-bond donors (Lipinski definition) is 3. The first kappa shape index (κ1) is 20.4. The van der Waals surface area contributed by atoms with Crippen molar-refractivity contribution in [1.29, 1.82) is 0 Å². The second kappa shape index (κ2) is 10.9. The van der Waals surface area contributed by atoms with Crippen molar-refractivity contribution in [3.63, 3.8) is 0 Å². The molecule has 0 saturated heterocycles. The molecule has 1 amide bonds. The number of amides is 1. The molecule has 0 aliphatic rings. The topological polar surface area (TPSA) is 96.2 Å². The highest BCUT2D eigenvalue weighted by Gasteiger charge is 2.04. The molecule has 1 heterocycles. The van der Waals surface area contributed by atoms with Gasteiger partial charge in [-0.1, -0.05) is 19.1 Å². The molecule has 27 heavy (non-hydrogen) atoms. The molecule has 2 rings (SSSR count). The second-order valence-corrected chi connectivity index (χ2v) is 6.01. The van der Waals surface area contributed by atoms with Gasteiger partial charge in [-0.2, -0.15) is 0 Å². The van der Waals surface area contributed by atoms with E-state index in [0.717, 1.165) is 49.8 Å². The van der Waals surface area contributed by atoms with Gasteiger partial charge < -0.3 is 20.5 Å². The van der Waals surface area contributed by atoms with Gasteiger partial charge >= 0.3 is 0 Å². The molecule has 3 N–H and O–H groups in total. The van der Waals surface area contributed by atoms with Crippen LogP contribution in [0.15, 0.2) is 35.6 Å². The Labute approximate surface area is 160 Å². The Balaban J connectivity index is 1.86. The number of carbonyl (C=O) groups is 1. The number of aromatic nitrogens is 3. The van der Waals surface area contributed by atoms with Crippen molar-refractivity contribution >= 4 is 11.9 Å². The average molecular weight is 371 g/mol. The SMILES string of the molecule is CCNC(=NCCc1cccc(C(=O)NC)c1)NCCn1cnnc1CC. The average Bonchev–Trinajstić information content (AvgIpc) is 3.15. The van der Waals surface area contributed by atoms with E-state index in [-0.39, 0.29) is 5.91 Å². The van der Waals surface area contributed by atoms with Crippen LogP contribution in [-0.4, -0.2) is 53.3 Å². The van der Waals surface area contributed by atoms with E-state index in [1.54, 1.807) is 13.4 Å². The molecule has 0 spiro atoms. The normalized spacial score (nSPS) is 11.3. The highest BCUT2D eigenvalue weighted by molar-refractivity contribution is 5.94. The molecule has 8 heteroatoms. The first-order chi connectivity index (χ1) is 13.2. The van der Waals surface area contributed by atoms with E-state index in [2.05, 4.69) is 38.1 Å². The largest absolute Gasteiger partial charge is 0.357 e. The predicted octanol–water partition coefficient (Wildman–Crippen LogP) is 0.998. The minimum Gasteiger partial charge on any atom is -0.357 e. The maximum absolute atomic E-state index is 11.7. The Morgan fingerprint density at radius 1 is 1.26 bits per heavy atom. The summed E-state index contributed by atoms with van der Waals surface area (Å²) in [4.78, 5) is 16.3. The van der Waals surface area contributed by atoms with Gasteiger partial charge in [0, 0.05) is 45.2 Å². The van der Waals surface area contributed by atoms with Crippen LogP contribution >= 0.6 is 0 Å². The van der Waals surface area contributed by atoms with Gasteiger partial charge in [0.1, 0.15) is 12.2 Å². The third-order valence-electron chi connectivity index (χ3n) is 4.09. The molecule has 146 valence electrons. The van der Waals surface area contributed by atoms with E-state index >= 15 is 0 Å². The van der Waals surface area contributed by atoms with Crippen molar-refractivity contribution < 1.29 is 4.79 Å². The molecule has 1 aromatic heterocycles. The van der Waals surface area contributed by atoms with Gasteiger partial charge in [0.15, 0.2) is 5.96 Å². The lowest BCUT2D eigenvalue weighted by Crippen LogP contribution is -2.39. The first-order valence-corrected chi connectivity index (χ1v) is 9.37. The lowest BCUT2D eigenvalue weighted by molar-refractivity contribution is 0.0963. The molecule has 2 aromatic rings. The van der Waals surface area contributed by atoms with Crippen LogP contribution in [0.3, 0.4) is 0 Å².